The van der Waals surface area contributed by atoms with Crippen molar-refractivity contribution in [2.75, 3.05) is 5.32 Å². The Kier molecular flexibility index (Phi) is 7.34. The van der Waals surface area contributed by atoms with Crippen molar-refractivity contribution < 1.29 is 19.7 Å². The molecular formula is C31H34N8O4. The molecule has 5 aromatic rings. The summed E-state index contributed by atoms with van der Waals surface area (Å²) >= 11 is 0. The second kappa shape index (κ2) is 11.3. The molecule has 0 aliphatic carbocycles. The molecule has 3 unspecified atom stereocenters. The van der Waals surface area contributed by atoms with E-state index in [9.17, 15) is 15.0 Å². The Bertz CT molecular complexity index is 1840. The Labute approximate surface area is 248 Å². The predicted molar refractivity (Wildman–Crippen MR) is 161 cm³/mol. The molecule has 5 heterocycles. The third-order valence-electron chi connectivity index (χ3n) is 8.14. The number of aryl methyl sites for hydroxylation is 1. The van der Waals surface area contributed by atoms with Gasteiger partial charge < -0.3 is 25.2 Å². The Morgan fingerprint density at radius 2 is 1.81 bits per heavy atom. The summed E-state index contributed by atoms with van der Waals surface area (Å²) in [7, 11) is 0. The minimum atomic E-state index is -0.596. The van der Waals surface area contributed by atoms with Crippen molar-refractivity contribution >= 4 is 28.6 Å². The van der Waals surface area contributed by atoms with Gasteiger partial charge in [-0.2, -0.15) is 10.2 Å². The fraction of sp³-hybridized carbons (Fsp3) is 0.323. The number of allylic oxidation sites excluding steroid dienone is 1. The summed E-state index contributed by atoms with van der Waals surface area (Å²) in [5.74, 6) is 0.712. The monoisotopic (exact) mass is 582 g/mol. The van der Waals surface area contributed by atoms with Crippen LogP contribution in [0.2, 0.25) is 0 Å². The van der Waals surface area contributed by atoms with Crippen LogP contribution in [0, 0.1) is 6.92 Å². The summed E-state index contributed by atoms with van der Waals surface area (Å²) < 4.78 is 9.63. The van der Waals surface area contributed by atoms with Crippen LogP contribution in [0.25, 0.3) is 11.2 Å². The van der Waals surface area contributed by atoms with Crippen LogP contribution in [0.3, 0.4) is 0 Å². The molecule has 1 fully saturated rings. The Balaban J connectivity index is 1.25. The first-order valence-corrected chi connectivity index (χ1v) is 14.3. The molecule has 43 heavy (non-hydrogen) atoms. The van der Waals surface area contributed by atoms with E-state index in [2.05, 4.69) is 31.5 Å². The number of aromatic nitrogens is 6. The van der Waals surface area contributed by atoms with Crippen LogP contribution in [0.5, 0.6) is 11.5 Å². The van der Waals surface area contributed by atoms with E-state index in [0.717, 1.165) is 34.5 Å². The molecule has 0 radical (unpaired) electrons. The number of piperidine rings is 1. The van der Waals surface area contributed by atoms with E-state index in [1.807, 2.05) is 61.8 Å². The molecule has 3 atom stereocenters. The number of pyridine rings is 1. The Hall–Kier alpha value is -5.13. The number of fused-ring (bicyclic) bond motifs is 2. The molecule has 6 rings (SSSR count). The number of hydrogen-bond acceptors (Lipinski definition) is 9. The van der Waals surface area contributed by atoms with Crippen molar-refractivity contribution in [3.63, 3.8) is 0 Å². The summed E-state index contributed by atoms with van der Waals surface area (Å²) in [5.41, 5.74) is 4.48. The number of carbonyl (C=O) groups is 1. The van der Waals surface area contributed by atoms with Gasteiger partial charge in [0.2, 0.25) is 5.76 Å². The number of benzene rings is 1. The van der Waals surface area contributed by atoms with E-state index in [4.69, 9.17) is 4.74 Å². The van der Waals surface area contributed by atoms with Gasteiger partial charge in [0.15, 0.2) is 11.5 Å². The number of hydrogen-bond donors (Lipinski definition) is 3. The van der Waals surface area contributed by atoms with E-state index >= 15 is 0 Å². The van der Waals surface area contributed by atoms with E-state index in [1.54, 1.807) is 15.6 Å². The van der Waals surface area contributed by atoms with Crippen LogP contribution >= 0.6 is 0 Å². The summed E-state index contributed by atoms with van der Waals surface area (Å²) in [6.45, 7) is 7.32. The smallest absolute Gasteiger partial charge is 0.292 e. The van der Waals surface area contributed by atoms with Crippen LogP contribution in [-0.4, -0.2) is 62.3 Å². The molecule has 1 saturated heterocycles. The SMILES string of the molecule is CCC1CC(c2ccn3ncnc(Nc4ccc(Oc5ccn6ncnc6c5)c(C)c4)c23)CC(C)N1C(=O)/C(O)=C(/C)O. The first-order chi connectivity index (χ1) is 20.7. The lowest BCUT2D eigenvalue weighted by atomic mass is 9.81. The molecule has 4 aromatic heterocycles. The van der Waals surface area contributed by atoms with E-state index in [-0.39, 0.29) is 23.8 Å². The molecule has 1 aromatic carbocycles. The van der Waals surface area contributed by atoms with Crippen molar-refractivity contribution in [2.45, 2.75) is 65.0 Å². The predicted octanol–water partition coefficient (Wildman–Crippen LogP) is 5.84. The number of aliphatic hydroxyl groups excluding tert-OH is 2. The van der Waals surface area contributed by atoms with Crippen LogP contribution in [0.15, 0.2) is 73.0 Å². The summed E-state index contributed by atoms with van der Waals surface area (Å²) in [5, 5.41) is 31.9. The maximum absolute atomic E-state index is 13.0. The van der Waals surface area contributed by atoms with Crippen LogP contribution in [0.1, 0.15) is 57.1 Å². The van der Waals surface area contributed by atoms with Gasteiger partial charge in [0.05, 0.1) is 0 Å². The zero-order valence-corrected chi connectivity index (χ0v) is 24.5. The molecular weight excluding hydrogens is 548 g/mol. The third kappa shape index (κ3) is 5.31. The fourth-order valence-corrected chi connectivity index (χ4v) is 6.05. The average Bonchev–Trinajstić information content (AvgIpc) is 3.65. The lowest BCUT2D eigenvalue weighted by Gasteiger charge is -2.43. The molecule has 1 amide bonds. The summed E-state index contributed by atoms with van der Waals surface area (Å²) in [6.07, 6.45) is 8.89. The second-order valence-corrected chi connectivity index (χ2v) is 11.0. The highest BCUT2D eigenvalue weighted by Gasteiger charge is 2.38. The number of amides is 1. The quantitative estimate of drug-likeness (QED) is 0.159. The molecule has 1 aliphatic rings. The van der Waals surface area contributed by atoms with Crippen molar-refractivity contribution in [3.05, 3.63) is 84.1 Å². The van der Waals surface area contributed by atoms with Crippen molar-refractivity contribution in [1.82, 2.24) is 34.1 Å². The largest absolute Gasteiger partial charge is 0.509 e. The first kappa shape index (κ1) is 28.0. The average molecular weight is 583 g/mol. The number of rotatable bonds is 7. The number of nitrogens with one attached hydrogen (secondary N) is 1. The summed E-state index contributed by atoms with van der Waals surface area (Å²) in [4.78, 5) is 23.5. The molecule has 0 spiro atoms. The van der Waals surface area contributed by atoms with Crippen molar-refractivity contribution in [1.29, 1.82) is 0 Å². The molecule has 12 heteroatoms. The van der Waals surface area contributed by atoms with Gasteiger partial charge in [0.1, 0.15) is 35.4 Å². The molecule has 0 saturated carbocycles. The van der Waals surface area contributed by atoms with Gasteiger partial charge in [-0.25, -0.2) is 19.0 Å². The van der Waals surface area contributed by atoms with Crippen molar-refractivity contribution in [2.24, 2.45) is 0 Å². The second-order valence-electron chi connectivity index (χ2n) is 11.0. The van der Waals surface area contributed by atoms with Gasteiger partial charge in [-0.3, -0.25) is 4.79 Å². The minimum Gasteiger partial charge on any atom is -0.509 e. The van der Waals surface area contributed by atoms with Gasteiger partial charge in [-0.05, 0) is 87.4 Å². The highest BCUT2D eigenvalue weighted by atomic mass is 16.5. The molecule has 3 N–H and O–H groups in total. The van der Waals surface area contributed by atoms with Crippen molar-refractivity contribution in [3.8, 4) is 11.5 Å². The Morgan fingerprint density at radius 3 is 2.58 bits per heavy atom. The van der Waals surface area contributed by atoms with Gasteiger partial charge in [-0.15, -0.1) is 0 Å². The standard InChI is InChI=1S/C31H34N8O4/c1-5-23-14-21(13-19(3)39(23)31(42)29(41)20(4)40)25-9-11-38-28(25)30(33-17-35-38)36-22-6-7-26(18(2)12-22)43-24-8-10-37-27(15-24)32-16-34-37/h6-12,15-17,19,21,23,40-41H,5,13-14H2,1-4H3,(H,33,35,36)/b29-20+. The Morgan fingerprint density at radius 1 is 1.05 bits per heavy atom. The lowest BCUT2D eigenvalue weighted by Crippen LogP contribution is -2.51. The van der Waals surface area contributed by atoms with Gasteiger partial charge in [0.25, 0.3) is 5.91 Å². The van der Waals surface area contributed by atoms with Crippen LogP contribution in [-0.2, 0) is 4.79 Å². The normalized spacial score (nSPS) is 19.4. The van der Waals surface area contributed by atoms with E-state index in [1.165, 1.54) is 19.6 Å². The number of ether oxygens (including phenoxy) is 1. The summed E-state index contributed by atoms with van der Waals surface area (Å²) in [6, 6.07) is 11.4. The lowest BCUT2D eigenvalue weighted by molar-refractivity contribution is -0.137. The number of aliphatic hydroxyl groups is 2. The maximum Gasteiger partial charge on any atom is 0.292 e. The first-order valence-electron chi connectivity index (χ1n) is 14.3. The third-order valence-corrected chi connectivity index (χ3v) is 8.14. The molecule has 1 aliphatic heterocycles. The minimum absolute atomic E-state index is 0.0978. The number of likely N-dealkylation sites (tertiary alicyclic amines) is 1. The van der Waals surface area contributed by atoms with Gasteiger partial charge in [0, 0.05) is 36.2 Å². The number of nitrogens with zero attached hydrogens (tertiary/aromatic N) is 7. The zero-order valence-electron chi connectivity index (χ0n) is 24.5. The van der Waals surface area contributed by atoms with E-state index < -0.39 is 11.7 Å². The number of anilines is 2. The van der Waals surface area contributed by atoms with Crippen LogP contribution < -0.4 is 10.1 Å². The van der Waals surface area contributed by atoms with Gasteiger partial charge in [-0.1, -0.05) is 6.92 Å². The fourth-order valence-electron chi connectivity index (χ4n) is 6.05. The number of carbonyl (C=O) groups excluding carboxylic acids is 1. The van der Waals surface area contributed by atoms with E-state index in [0.29, 0.717) is 30.1 Å². The molecule has 12 nitrogen and oxygen atoms in total. The molecule has 222 valence electrons. The van der Waals surface area contributed by atoms with Crippen LogP contribution in [0.4, 0.5) is 11.5 Å². The highest BCUT2D eigenvalue weighted by Crippen LogP contribution is 2.40. The zero-order chi connectivity index (χ0) is 30.2. The highest BCUT2D eigenvalue weighted by molar-refractivity contribution is 5.92. The molecule has 0 bridgehead atoms. The topological polar surface area (TPSA) is 142 Å². The maximum atomic E-state index is 13.0. The van der Waals surface area contributed by atoms with Gasteiger partial charge >= 0.3 is 0 Å².